The minimum Gasteiger partial charge on any atom is -0.281 e. The molecule has 2 aromatic carbocycles. The summed E-state index contributed by atoms with van der Waals surface area (Å²) in [5.74, 6) is 0.164. The minimum absolute atomic E-state index is 0.161. The number of rotatable bonds is 2. The number of hydrazine groups is 1. The lowest BCUT2D eigenvalue weighted by Gasteiger charge is -2.18. The number of hydrogen-bond acceptors (Lipinski definition) is 4. The first-order chi connectivity index (χ1) is 10.2. The predicted molar refractivity (Wildman–Crippen MR) is 82.2 cm³/mol. The monoisotopic (exact) mass is 322 g/mol. The van der Waals surface area contributed by atoms with Crippen LogP contribution in [0.15, 0.2) is 52.7 Å². The summed E-state index contributed by atoms with van der Waals surface area (Å²) in [6, 6.07) is 11.6. The molecule has 2 N–H and O–H groups in total. The van der Waals surface area contributed by atoms with E-state index in [2.05, 4.69) is 21.1 Å². The second-order valence-corrected chi connectivity index (χ2v) is 5.04. The lowest BCUT2D eigenvalue weighted by Crippen LogP contribution is -2.45. The first kappa shape index (κ1) is 13.9. The van der Waals surface area contributed by atoms with Gasteiger partial charge in [0.25, 0.3) is 0 Å². The van der Waals surface area contributed by atoms with Crippen LogP contribution in [-0.4, -0.2) is 11.7 Å². The highest BCUT2D eigenvalue weighted by Crippen LogP contribution is 2.20. The Morgan fingerprint density at radius 1 is 0.810 bits per heavy atom. The van der Waals surface area contributed by atoms with E-state index in [1.54, 1.807) is 18.2 Å². The van der Waals surface area contributed by atoms with Crippen molar-refractivity contribution in [1.82, 2.24) is 10.9 Å². The van der Waals surface area contributed by atoms with E-state index in [1.165, 1.54) is 12.1 Å². The molecule has 3 rings (SSSR count). The third-order valence-electron chi connectivity index (χ3n) is 2.88. The number of amidine groups is 2. The zero-order chi connectivity index (χ0) is 14.8. The fourth-order valence-electron chi connectivity index (χ4n) is 1.88. The molecule has 106 valence electrons. The molecule has 0 fully saturated rings. The van der Waals surface area contributed by atoms with Crippen molar-refractivity contribution in [3.05, 3.63) is 69.5 Å². The topological polar surface area (TPSA) is 48.8 Å². The Balaban J connectivity index is 1.98. The van der Waals surface area contributed by atoms with Gasteiger partial charge in [-0.05, 0) is 24.3 Å². The molecule has 0 spiro atoms. The highest BCUT2D eigenvalue weighted by atomic mass is 35.5. The van der Waals surface area contributed by atoms with Gasteiger partial charge in [-0.25, -0.2) is 4.39 Å². The summed E-state index contributed by atoms with van der Waals surface area (Å²) in [7, 11) is 0. The lowest BCUT2D eigenvalue weighted by atomic mass is 10.2. The van der Waals surface area contributed by atoms with E-state index in [-0.39, 0.29) is 16.4 Å². The second-order valence-electron chi connectivity index (χ2n) is 4.22. The van der Waals surface area contributed by atoms with Crippen LogP contribution in [0.25, 0.3) is 0 Å². The molecule has 4 nitrogen and oxygen atoms in total. The van der Waals surface area contributed by atoms with Gasteiger partial charge in [-0.15, -0.1) is 10.2 Å². The van der Waals surface area contributed by atoms with Crippen LogP contribution < -0.4 is 10.9 Å². The molecule has 7 heteroatoms. The molecule has 0 saturated heterocycles. The van der Waals surface area contributed by atoms with Crippen LogP contribution in [0, 0.1) is 5.82 Å². The molecule has 1 heterocycles. The van der Waals surface area contributed by atoms with Gasteiger partial charge in [0.1, 0.15) is 5.82 Å². The maximum Gasteiger partial charge on any atom is 0.178 e. The lowest BCUT2D eigenvalue weighted by molar-refractivity contribution is 0.622. The molecular formula is C14H9Cl2FN4. The zero-order valence-corrected chi connectivity index (χ0v) is 12.1. The van der Waals surface area contributed by atoms with Crippen LogP contribution in [0.2, 0.25) is 10.0 Å². The summed E-state index contributed by atoms with van der Waals surface area (Å²) in [5.41, 5.74) is 6.47. The van der Waals surface area contributed by atoms with Crippen molar-refractivity contribution in [2.75, 3.05) is 0 Å². The van der Waals surface area contributed by atoms with Gasteiger partial charge in [0.15, 0.2) is 11.7 Å². The second kappa shape index (κ2) is 5.71. The van der Waals surface area contributed by atoms with Crippen molar-refractivity contribution >= 4 is 34.9 Å². The molecule has 0 unspecified atom stereocenters. The SMILES string of the molecule is Fc1cccc(Cl)c1C1=NN=C(c2ccccc2Cl)NN1. The van der Waals surface area contributed by atoms with Crippen molar-refractivity contribution < 1.29 is 4.39 Å². The standard InChI is InChI=1S/C14H9Cl2FN4/c15-9-5-2-1-4-8(9)13-18-20-14(21-19-13)12-10(16)6-3-7-11(12)17/h1-7H,(H,18,19)(H,20,21). The summed E-state index contributed by atoms with van der Waals surface area (Å²) >= 11 is 12.1. The Bertz CT molecular complexity index is 738. The molecule has 0 aromatic heterocycles. The average molecular weight is 323 g/mol. The van der Waals surface area contributed by atoms with E-state index in [4.69, 9.17) is 23.2 Å². The van der Waals surface area contributed by atoms with E-state index < -0.39 is 5.82 Å². The van der Waals surface area contributed by atoms with Crippen molar-refractivity contribution in [3.63, 3.8) is 0 Å². The summed E-state index contributed by atoms with van der Waals surface area (Å²) in [4.78, 5) is 0. The van der Waals surface area contributed by atoms with Gasteiger partial charge in [-0.2, -0.15) is 0 Å². The number of nitrogens with one attached hydrogen (secondary N) is 2. The van der Waals surface area contributed by atoms with Crippen molar-refractivity contribution in [1.29, 1.82) is 0 Å². The molecule has 0 atom stereocenters. The summed E-state index contributed by atoms with van der Waals surface area (Å²) in [6.45, 7) is 0. The van der Waals surface area contributed by atoms with Crippen LogP contribution in [0.3, 0.4) is 0 Å². The van der Waals surface area contributed by atoms with Crippen LogP contribution in [-0.2, 0) is 0 Å². The molecule has 0 bridgehead atoms. The molecule has 1 aliphatic rings. The number of nitrogens with zero attached hydrogens (tertiary/aromatic N) is 2. The summed E-state index contributed by atoms with van der Waals surface area (Å²) < 4.78 is 13.8. The quantitative estimate of drug-likeness (QED) is 0.890. The van der Waals surface area contributed by atoms with E-state index in [0.717, 1.165) is 0 Å². The summed E-state index contributed by atoms with van der Waals surface area (Å²) in [6.07, 6.45) is 0. The van der Waals surface area contributed by atoms with Crippen LogP contribution in [0.4, 0.5) is 4.39 Å². The van der Waals surface area contributed by atoms with E-state index >= 15 is 0 Å². The van der Waals surface area contributed by atoms with E-state index in [9.17, 15) is 4.39 Å². The Kier molecular flexibility index (Phi) is 3.77. The van der Waals surface area contributed by atoms with E-state index in [1.807, 2.05) is 12.1 Å². The smallest absolute Gasteiger partial charge is 0.178 e. The predicted octanol–water partition coefficient (Wildman–Crippen LogP) is 3.35. The first-order valence-corrected chi connectivity index (χ1v) is 6.79. The van der Waals surface area contributed by atoms with Crippen molar-refractivity contribution in [2.45, 2.75) is 0 Å². The van der Waals surface area contributed by atoms with Gasteiger partial charge in [0, 0.05) is 5.56 Å². The van der Waals surface area contributed by atoms with Gasteiger partial charge in [-0.3, -0.25) is 10.9 Å². The molecule has 0 radical (unpaired) electrons. The molecule has 2 aromatic rings. The maximum absolute atomic E-state index is 13.8. The normalized spacial score (nSPS) is 13.9. The fraction of sp³-hybridized carbons (Fsp3) is 0. The Morgan fingerprint density at radius 3 is 2.14 bits per heavy atom. The Morgan fingerprint density at radius 2 is 1.48 bits per heavy atom. The van der Waals surface area contributed by atoms with Crippen LogP contribution >= 0.6 is 23.2 Å². The van der Waals surface area contributed by atoms with Gasteiger partial charge in [-0.1, -0.05) is 41.4 Å². The van der Waals surface area contributed by atoms with Crippen LogP contribution in [0.5, 0.6) is 0 Å². The third kappa shape index (κ3) is 2.70. The molecular weight excluding hydrogens is 314 g/mol. The Hall–Kier alpha value is -2.11. The Labute approximate surface area is 130 Å². The maximum atomic E-state index is 13.8. The fourth-order valence-corrected chi connectivity index (χ4v) is 2.36. The summed E-state index contributed by atoms with van der Waals surface area (Å²) in [5, 5.41) is 8.77. The molecule has 0 aliphatic carbocycles. The number of hydrogen-bond donors (Lipinski definition) is 2. The first-order valence-electron chi connectivity index (χ1n) is 6.04. The molecule has 21 heavy (non-hydrogen) atoms. The van der Waals surface area contributed by atoms with Crippen LogP contribution in [0.1, 0.15) is 11.1 Å². The van der Waals surface area contributed by atoms with Gasteiger partial charge in [0.2, 0.25) is 0 Å². The van der Waals surface area contributed by atoms with Gasteiger partial charge in [0.05, 0.1) is 15.6 Å². The van der Waals surface area contributed by atoms with E-state index in [0.29, 0.717) is 16.4 Å². The third-order valence-corrected chi connectivity index (χ3v) is 3.52. The van der Waals surface area contributed by atoms with Crippen molar-refractivity contribution in [3.8, 4) is 0 Å². The average Bonchev–Trinajstić information content (AvgIpc) is 2.48. The molecule has 0 saturated carbocycles. The molecule has 0 amide bonds. The van der Waals surface area contributed by atoms with Gasteiger partial charge < -0.3 is 0 Å². The minimum atomic E-state index is -0.480. The highest BCUT2D eigenvalue weighted by molar-refractivity contribution is 6.35. The zero-order valence-electron chi connectivity index (χ0n) is 10.6. The molecule has 1 aliphatic heterocycles. The largest absolute Gasteiger partial charge is 0.281 e. The van der Waals surface area contributed by atoms with Crippen molar-refractivity contribution in [2.24, 2.45) is 10.2 Å². The number of benzene rings is 2. The highest BCUT2D eigenvalue weighted by Gasteiger charge is 2.18. The number of halogens is 3. The van der Waals surface area contributed by atoms with Gasteiger partial charge >= 0.3 is 0 Å².